The average Bonchev–Trinajstić information content (AvgIpc) is 2.99. The topological polar surface area (TPSA) is 79.9 Å². The fourth-order valence-electron chi connectivity index (χ4n) is 3.01. The number of rotatable bonds is 4. The lowest BCUT2D eigenvalue weighted by Crippen LogP contribution is -2.18. The second-order valence-corrected chi connectivity index (χ2v) is 6.02. The van der Waals surface area contributed by atoms with Crippen molar-refractivity contribution in [3.8, 4) is 11.4 Å². The average molecular weight is 347 g/mol. The van der Waals surface area contributed by atoms with E-state index < -0.39 is 0 Å². The maximum Gasteiger partial charge on any atom is 0.284 e. The molecule has 0 unspecified atom stereocenters. The number of nitrogens with one attached hydrogen (secondary N) is 2. The van der Waals surface area contributed by atoms with Crippen LogP contribution >= 0.6 is 0 Å². The number of benzene rings is 2. The molecule has 26 heavy (non-hydrogen) atoms. The summed E-state index contributed by atoms with van der Waals surface area (Å²) in [5.41, 5.74) is 2.21. The first kappa shape index (κ1) is 16.0. The monoisotopic (exact) mass is 347 g/mol. The molecule has 0 fully saturated rings. The van der Waals surface area contributed by atoms with Gasteiger partial charge in [-0.25, -0.2) is 4.68 Å². The van der Waals surface area contributed by atoms with Gasteiger partial charge in [-0.05, 0) is 29.8 Å². The summed E-state index contributed by atoms with van der Waals surface area (Å²) in [6, 6.07) is 18.4. The largest absolute Gasteiger partial charge is 0.497 e. The summed E-state index contributed by atoms with van der Waals surface area (Å²) in [7, 11) is 1.58. The molecule has 2 aromatic heterocycles. The molecule has 0 aliphatic rings. The number of fused-ring (bicyclic) bond motifs is 1. The Balaban J connectivity index is 1.80. The smallest absolute Gasteiger partial charge is 0.284 e. The van der Waals surface area contributed by atoms with Gasteiger partial charge >= 0.3 is 0 Å². The number of H-pyrrole nitrogens is 2. The van der Waals surface area contributed by atoms with Crippen molar-refractivity contribution in [1.29, 1.82) is 0 Å². The molecule has 0 spiro atoms. The van der Waals surface area contributed by atoms with Crippen molar-refractivity contribution in [1.82, 2.24) is 14.8 Å². The van der Waals surface area contributed by atoms with Crippen LogP contribution < -0.4 is 15.7 Å². The zero-order chi connectivity index (χ0) is 18.1. The summed E-state index contributed by atoms with van der Waals surface area (Å²) >= 11 is 0. The lowest BCUT2D eigenvalue weighted by molar-refractivity contribution is 0.414. The van der Waals surface area contributed by atoms with E-state index in [2.05, 4.69) is 10.1 Å². The van der Waals surface area contributed by atoms with E-state index in [1.165, 1.54) is 10.7 Å². The maximum absolute atomic E-state index is 12.7. The van der Waals surface area contributed by atoms with E-state index in [1.807, 2.05) is 30.3 Å². The third kappa shape index (κ3) is 2.82. The first-order chi connectivity index (χ1) is 12.7. The molecular formula is C20H17N3O3. The minimum atomic E-state index is -0.377. The molecule has 4 rings (SSSR count). The molecule has 0 atom stereocenters. The summed E-state index contributed by atoms with van der Waals surface area (Å²) in [6.45, 7) is 0. The molecule has 0 amide bonds. The van der Waals surface area contributed by atoms with Crippen molar-refractivity contribution in [3.63, 3.8) is 0 Å². The number of ether oxygens (including phenoxy) is 1. The van der Waals surface area contributed by atoms with Crippen LogP contribution in [0.1, 0.15) is 11.3 Å². The normalized spacial score (nSPS) is 11.0. The summed E-state index contributed by atoms with van der Waals surface area (Å²) in [6.07, 6.45) is 0.585. The van der Waals surface area contributed by atoms with Gasteiger partial charge in [0.25, 0.3) is 5.56 Å². The lowest BCUT2D eigenvalue weighted by Gasteiger charge is -2.03. The molecule has 4 aromatic rings. The Hall–Kier alpha value is -3.54. The molecule has 0 aliphatic heterocycles. The zero-order valence-electron chi connectivity index (χ0n) is 14.2. The Morgan fingerprint density at radius 1 is 1.00 bits per heavy atom. The molecule has 6 nitrogen and oxygen atoms in total. The first-order valence-corrected chi connectivity index (χ1v) is 8.21. The van der Waals surface area contributed by atoms with Crippen molar-refractivity contribution in [2.75, 3.05) is 7.11 Å². The maximum atomic E-state index is 12.7. The van der Waals surface area contributed by atoms with Gasteiger partial charge in [-0.15, -0.1) is 0 Å². The molecule has 2 heterocycles. The van der Waals surface area contributed by atoms with Crippen molar-refractivity contribution < 1.29 is 4.74 Å². The third-order valence-corrected chi connectivity index (χ3v) is 4.30. The summed E-state index contributed by atoms with van der Waals surface area (Å²) < 4.78 is 6.49. The fourth-order valence-corrected chi connectivity index (χ4v) is 3.01. The standard InChI is InChI=1S/C20H17N3O3/c1-26-16-9-7-15(8-10-16)23-20(25)18-17(24)12-14(21-19(18)22-23)11-13-5-3-2-4-6-13/h2-10,12H,11H2,1H3,(H2,21,22,24). The summed E-state index contributed by atoms with van der Waals surface area (Å²) in [5, 5.41) is 3.12. The summed E-state index contributed by atoms with van der Waals surface area (Å²) in [4.78, 5) is 28.3. The highest BCUT2D eigenvalue weighted by molar-refractivity contribution is 5.74. The minimum Gasteiger partial charge on any atom is -0.497 e. The Bertz CT molecular complexity index is 1170. The Morgan fingerprint density at radius 3 is 2.42 bits per heavy atom. The van der Waals surface area contributed by atoms with Crippen molar-refractivity contribution in [2.24, 2.45) is 0 Å². The van der Waals surface area contributed by atoms with Gasteiger partial charge in [-0.2, -0.15) is 0 Å². The van der Waals surface area contributed by atoms with Crippen molar-refractivity contribution in [3.05, 3.63) is 92.5 Å². The number of methoxy groups -OCH3 is 1. The molecule has 0 aliphatic carbocycles. The molecule has 2 N–H and O–H groups in total. The van der Waals surface area contributed by atoms with Crippen LogP contribution in [0.2, 0.25) is 0 Å². The number of pyridine rings is 1. The predicted octanol–water partition coefficient (Wildman–Crippen LogP) is 2.61. The molecule has 0 radical (unpaired) electrons. The lowest BCUT2D eigenvalue weighted by atomic mass is 10.1. The molecule has 0 saturated heterocycles. The fraction of sp³-hybridized carbons (Fsp3) is 0.100. The Morgan fingerprint density at radius 2 is 1.73 bits per heavy atom. The summed E-state index contributed by atoms with van der Waals surface area (Å²) in [5.74, 6) is 0.694. The van der Waals surface area contributed by atoms with Crippen LogP contribution in [0.25, 0.3) is 16.7 Å². The van der Waals surface area contributed by atoms with Crippen LogP contribution in [0, 0.1) is 0 Å². The van der Waals surface area contributed by atoms with Crippen molar-refractivity contribution >= 4 is 11.0 Å². The van der Waals surface area contributed by atoms with Crippen LogP contribution in [-0.2, 0) is 6.42 Å². The highest BCUT2D eigenvalue weighted by atomic mass is 16.5. The van der Waals surface area contributed by atoms with E-state index >= 15 is 0 Å². The van der Waals surface area contributed by atoms with Gasteiger partial charge in [0.05, 0.1) is 12.8 Å². The van der Waals surface area contributed by atoms with E-state index in [9.17, 15) is 9.59 Å². The van der Waals surface area contributed by atoms with Gasteiger partial charge in [-0.1, -0.05) is 30.3 Å². The Kier molecular flexibility index (Phi) is 3.93. The van der Waals surface area contributed by atoms with Gasteiger partial charge in [0.2, 0.25) is 0 Å². The van der Waals surface area contributed by atoms with E-state index in [4.69, 9.17) is 4.74 Å². The molecule has 6 heteroatoms. The first-order valence-electron chi connectivity index (χ1n) is 8.21. The third-order valence-electron chi connectivity index (χ3n) is 4.30. The van der Waals surface area contributed by atoms with Crippen LogP contribution in [0.15, 0.2) is 70.3 Å². The van der Waals surface area contributed by atoms with Gasteiger partial charge in [-0.3, -0.25) is 14.7 Å². The van der Waals surface area contributed by atoms with Crippen LogP contribution in [-0.4, -0.2) is 21.9 Å². The van der Waals surface area contributed by atoms with E-state index in [0.717, 1.165) is 11.3 Å². The number of nitrogens with zero attached hydrogens (tertiary/aromatic N) is 1. The van der Waals surface area contributed by atoms with Gasteiger partial charge in [0, 0.05) is 18.2 Å². The number of hydrogen-bond acceptors (Lipinski definition) is 3. The van der Waals surface area contributed by atoms with E-state index in [1.54, 1.807) is 31.4 Å². The van der Waals surface area contributed by atoms with E-state index in [0.29, 0.717) is 23.5 Å². The van der Waals surface area contributed by atoms with E-state index in [-0.39, 0.29) is 16.4 Å². The quantitative estimate of drug-likeness (QED) is 0.595. The number of hydrogen-bond donors (Lipinski definition) is 2. The van der Waals surface area contributed by atoms with Crippen LogP contribution in [0.3, 0.4) is 0 Å². The highest BCUT2D eigenvalue weighted by Crippen LogP contribution is 2.14. The van der Waals surface area contributed by atoms with Crippen LogP contribution in [0.5, 0.6) is 5.75 Å². The van der Waals surface area contributed by atoms with Crippen LogP contribution in [0.4, 0.5) is 0 Å². The minimum absolute atomic E-state index is 0.123. The van der Waals surface area contributed by atoms with Crippen molar-refractivity contribution in [2.45, 2.75) is 6.42 Å². The Labute approximate surface area is 148 Å². The molecule has 130 valence electrons. The zero-order valence-corrected chi connectivity index (χ0v) is 14.2. The second-order valence-electron chi connectivity index (χ2n) is 6.02. The molecular weight excluding hydrogens is 330 g/mol. The van der Waals surface area contributed by atoms with Gasteiger partial charge in [0.1, 0.15) is 16.8 Å². The highest BCUT2D eigenvalue weighted by Gasteiger charge is 2.13. The number of aromatic nitrogens is 3. The SMILES string of the molecule is COc1ccc(-n2[nH]c3[nH]c(Cc4ccccc4)cc(=O)c3c2=O)cc1. The second kappa shape index (κ2) is 6.40. The number of aromatic amines is 2. The predicted molar refractivity (Wildman–Crippen MR) is 100 cm³/mol. The molecule has 0 saturated carbocycles. The molecule has 2 aromatic carbocycles. The van der Waals surface area contributed by atoms with Gasteiger partial charge < -0.3 is 9.72 Å². The van der Waals surface area contributed by atoms with Gasteiger partial charge in [0.15, 0.2) is 5.43 Å². The molecule has 0 bridgehead atoms.